The van der Waals surface area contributed by atoms with Crippen molar-refractivity contribution in [1.29, 1.82) is 0 Å². The standard InChI is InChI=1S/C17H18O3/c1-11-9-14(18)10-12(2)15(11)16(17(19)20-3)13-7-5-4-6-8-13/h4-10,16,18H,1-3H3/t16-/m1/s1. The summed E-state index contributed by atoms with van der Waals surface area (Å²) in [6.07, 6.45) is 0. The molecule has 0 radical (unpaired) electrons. The van der Waals surface area contributed by atoms with Crippen LogP contribution in [-0.2, 0) is 9.53 Å². The minimum absolute atomic E-state index is 0.209. The number of methoxy groups -OCH3 is 1. The van der Waals surface area contributed by atoms with E-state index in [9.17, 15) is 9.90 Å². The minimum Gasteiger partial charge on any atom is -0.508 e. The number of ether oxygens (including phenoxy) is 1. The molecule has 104 valence electrons. The van der Waals surface area contributed by atoms with Crippen LogP contribution in [0, 0.1) is 13.8 Å². The van der Waals surface area contributed by atoms with Gasteiger partial charge in [0, 0.05) is 0 Å². The fraction of sp³-hybridized carbons (Fsp3) is 0.235. The lowest BCUT2D eigenvalue weighted by Gasteiger charge is -2.20. The predicted octanol–water partition coefficient (Wildman–Crippen LogP) is 3.31. The highest BCUT2D eigenvalue weighted by molar-refractivity contribution is 5.83. The quantitative estimate of drug-likeness (QED) is 0.870. The van der Waals surface area contributed by atoms with Crippen LogP contribution in [0.3, 0.4) is 0 Å². The molecule has 0 aliphatic carbocycles. The highest BCUT2D eigenvalue weighted by Gasteiger charge is 2.26. The number of esters is 1. The van der Waals surface area contributed by atoms with Gasteiger partial charge in [0.05, 0.1) is 7.11 Å². The first-order chi connectivity index (χ1) is 9.54. The minimum atomic E-state index is -0.471. The average molecular weight is 270 g/mol. The van der Waals surface area contributed by atoms with Crippen LogP contribution >= 0.6 is 0 Å². The Kier molecular flexibility index (Phi) is 4.08. The molecule has 3 nitrogen and oxygen atoms in total. The number of aromatic hydroxyl groups is 1. The Hall–Kier alpha value is -2.29. The summed E-state index contributed by atoms with van der Waals surface area (Å²) in [5, 5.41) is 9.65. The molecule has 0 aliphatic rings. The van der Waals surface area contributed by atoms with Gasteiger partial charge in [-0.05, 0) is 48.2 Å². The lowest BCUT2D eigenvalue weighted by Crippen LogP contribution is -2.17. The van der Waals surface area contributed by atoms with E-state index in [-0.39, 0.29) is 11.7 Å². The van der Waals surface area contributed by atoms with E-state index in [1.807, 2.05) is 44.2 Å². The zero-order chi connectivity index (χ0) is 14.7. The van der Waals surface area contributed by atoms with Gasteiger partial charge < -0.3 is 9.84 Å². The van der Waals surface area contributed by atoms with Gasteiger partial charge >= 0.3 is 5.97 Å². The molecular formula is C17H18O3. The number of carbonyl (C=O) groups excluding carboxylic acids is 1. The van der Waals surface area contributed by atoms with Crippen molar-refractivity contribution in [2.45, 2.75) is 19.8 Å². The van der Waals surface area contributed by atoms with E-state index < -0.39 is 5.92 Å². The Labute approximate surface area is 118 Å². The normalized spacial score (nSPS) is 11.9. The fourth-order valence-corrected chi connectivity index (χ4v) is 2.59. The third-order valence-electron chi connectivity index (χ3n) is 3.44. The molecule has 20 heavy (non-hydrogen) atoms. The van der Waals surface area contributed by atoms with Crippen LogP contribution in [0.5, 0.6) is 5.75 Å². The molecule has 2 aromatic carbocycles. The monoisotopic (exact) mass is 270 g/mol. The second-order valence-electron chi connectivity index (χ2n) is 4.86. The van der Waals surface area contributed by atoms with Gasteiger partial charge in [0.15, 0.2) is 0 Å². The molecule has 3 heteroatoms. The largest absolute Gasteiger partial charge is 0.508 e. The first kappa shape index (κ1) is 14.1. The predicted molar refractivity (Wildman–Crippen MR) is 77.9 cm³/mol. The molecule has 0 bridgehead atoms. The summed E-state index contributed by atoms with van der Waals surface area (Å²) < 4.78 is 4.96. The van der Waals surface area contributed by atoms with Crippen LogP contribution in [0.25, 0.3) is 0 Å². The molecule has 1 atom stereocenters. The van der Waals surface area contributed by atoms with Crippen LogP contribution in [0.1, 0.15) is 28.2 Å². The van der Waals surface area contributed by atoms with Gasteiger partial charge in [0.2, 0.25) is 0 Å². The van der Waals surface area contributed by atoms with Crippen LogP contribution in [-0.4, -0.2) is 18.2 Å². The molecule has 0 amide bonds. The van der Waals surface area contributed by atoms with Gasteiger partial charge in [0.25, 0.3) is 0 Å². The summed E-state index contributed by atoms with van der Waals surface area (Å²) in [5.41, 5.74) is 3.53. The fourth-order valence-electron chi connectivity index (χ4n) is 2.59. The second kappa shape index (κ2) is 5.78. The summed E-state index contributed by atoms with van der Waals surface area (Å²) in [4.78, 5) is 12.2. The van der Waals surface area contributed by atoms with Crippen molar-refractivity contribution >= 4 is 5.97 Å². The lowest BCUT2D eigenvalue weighted by atomic mass is 9.85. The maximum absolute atomic E-state index is 12.2. The van der Waals surface area contributed by atoms with Crippen molar-refractivity contribution < 1.29 is 14.6 Å². The zero-order valence-corrected chi connectivity index (χ0v) is 11.9. The number of phenolic OH excluding ortho intramolecular Hbond substituents is 1. The molecule has 2 rings (SSSR count). The van der Waals surface area contributed by atoms with Crippen LogP contribution < -0.4 is 0 Å². The van der Waals surface area contributed by atoms with E-state index in [1.54, 1.807) is 12.1 Å². The summed E-state index contributed by atoms with van der Waals surface area (Å²) in [6.45, 7) is 3.78. The highest BCUT2D eigenvalue weighted by Crippen LogP contribution is 2.33. The van der Waals surface area contributed by atoms with Gasteiger partial charge in [-0.1, -0.05) is 30.3 Å². The number of hydrogen-bond donors (Lipinski definition) is 1. The highest BCUT2D eigenvalue weighted by atomic mass is 16.5. The van der Waals surface area contributed by atoms with Crippen molar-refractivity contribution in [3.8, 4) is 5.75 Å². The number of benzene rings is 2. The Balaban J connectivity index is 2.62. The maximum Gasteiger partial charge on any atom is 0.317 e. The molecule has 0 spiro atoms. The Morgan fingerprint density at radius 3 is 2.15 bits per heavy atom. The van der Waals surface area contributed by atoms with Crippen LogP contribution in [0.2, 0.25) is 0 Å². The molecule has 0 aromatic heterocycles. The van der Waals surface area contributed by atoms with Gasteiger partial charge in [0.1, 0.15) is 11.7 Å². The summed E-state index contributed by atoms with van der Waals surface area (Å²) in [6, 6.07) is 12.9. The zero-order valence-electron chi connectivity index (χ0n) is 11.9. The first-order valence-corrected chi connectivity index (χ1v) is 6.47. The van der Waals surface area contributed by atoms with Crippen molar-refractivity contribution in [3.63, 3.8) is 0 Å². The Morgan fingerprint density at radius 1 is 1.10 bits per heavy atom. The first-order valence-electron chi connectivity index (χ1n) is 6.47. The smallest absolute Gasteiger partial charge is 0.317 e. The van der Waals surface area contributed by atoms with Crippen LogP contribution in [0.4, 0.5) is 0 Å². The SMILES string of the molecule is COC(=O)[C@H](c1ccccc1)c1c(C)cc(O)cc1C. The third-order valence-corrected chi connectivity index (χ3v) is 3.44. The maximum atomic E-state index is 12.2. The number of carbonyl (C=O) groups is 1. The average Bonchev–Trinajstić information content (AvgIpc) is 2.42. The molecule has 0 saturated heterocycles. The molecule has 0 heterocycles. The molecule has 0 unspecified atom stereocenters. The number of phenols is 1. The second-order valence-corrected chi connectivity index (χ2v) is 4.86. The van der Waals surface area contributed by atoms with E-state index in [4.69, 9.17) is 4.74 Å². The van der Waals surface area contributed by atoms with E-state index >= 15 is 0 Å². The van der Waals surface area contributed by atoms with Crippen molar-refractivity contribution in [1.82, 2.24) is 0 Å². The van der Waals surface area contributed by atoms with Gasteiger partial charge in [-0.3, -0.25) is 4.79 Å². The van der Waals surface area contributed by atoms with Gasteiger partial charge in [-0.15, -0.1) is 0 Å². The summed E-state index contributed by atoms with van der Waals surface area (Å²) >= 11 is 0. The molecule has 2 aromatic rings. The van der Waals surface area contributed by atoms with Crippen molar-refractivity contribution in [2.75, 3.05) is 7.11 Å². The van der Waals surface area contributed by atoms with Crippen molar-refractivity contribution in [3.05, 3.63) is 64.7 Å². The van der Waals surface area contributed by atoms with Gasteiger partial charge in [-0.2, -0.15) is 0 Å². The van der Waals surface area contributed by atoms with Crippen molar-refractivity contribution in [2.24, 2.45) is 0 Å². The third kappa shape index (κ3) is 2.67. The summed E-state index contributed by atoms with van der Waals surface area (Å²) in [5.74, 6) is -0.560. The number of hydrogen-bond acceptors (Lipinski definition) is 3. The molecule has 0 saturated carbocycles. The number of rotatable bonds is 3. The van der Waals surface area contributed by atoms with Crippen LogP contribution in [0.15, 0.2) is 42.5 Å². The number of aryl methyl sites for hydroxylation is 2. The Bertz CT molecular complexity index is 594. The molecule has 0 fully saturated rings. The van der Waals surface area contributed by atoms with E-state index in [0.29, 0.717) is 0 Å². The van der Waals surface area contributed by atoms with E-state index in [1.165, 1.54) is 7.11 Å². The summed E-state index contributed by atoms with van der Waals surface area (Å²) in [7, 11) is 1.39. The van der Waals surface area contributed by atoms with E-state index in [2.05, 4.69) is 0 Å². The molecular weight excluding hydrogens is 252 g/mol. The molecule has 1 N–H and O–H groups in total. The van der Waals surface area contributed by atoms with Gasteiger partial charge in [-0.25, -0.2) is 0 Å². The molecule has 0 aliphatic heterocycles. The van der Waals surface area contributed by atoms with E-state index in [0.717, 1.165) is 22.3 Å². The topological polar surface area (TPSA) is 46.5 Å². The lowest BCUT2D eigenvalue weighted by molar-refractivity contribution is -0.141. The Morgan fingerprint density at radius 2 is 1.65 bits per heavy atom.